The van der Waals surface area contributed by atoms with E-state index in [-0.39, 0.29) is 5.97 Å². The Morgan fingerprint density at radius 3 is 2.50 bits per heavy atom. The molecule has 24 heavy (non-hydrogen) atoms. The van der Waals surface area contributed by atoms with Crippen molar-refractivity contribution in [2.45, 2.75) is 25.9 Å². The molecule has 0 N–H and O–H groups in total. The van der Waals surface area contributed by atoms with Gasteiger partial charge in [0.2, 0.25) is 0 Å². The van der Waals surface area contributed by atoms with Gasteiger partial charge in [0.25, 0.3) is 0 Å². The van der Waals surface area contributed by atoms with Crippen molar-refractivity contribution in [2.24, 2.45) is 0 Å². The molecule has 1 fully saturated rings. The van der Waals surface area contributed by atoms with Crippen molar-refractivity contribution in [1.29, 1.82) is 0 Å². The zero-order chi connectivity index (χ0) is 17.6. The van der Waals surface area contributed by atoms with Gasteiger partial charge in [-0.15, -0.1) is 0 Å². The molecule has 2 rings (SSSR count). The number of aromatic nitrogens is 1. The summed E-state index contributed by atoms with van der Waals surface area (Å²) in [6, 6.07) is 2.48. The maximum Gasteiger partial charge on any atom is 0.417 e. The van der Waals surface area contributed by atoms with Crippen LogP contribution in [0.3, 0.4) is 0 Å². The molecular formula is C16H22F3N3O2. The molecule has 8 heteroatoms. The largest absolute Gasteiger partial charge is 0.466 e. The summed E-state index contributed by atoms with van der Waals surface area (Å²) < 4.78 is 42.5. The second-order valence-corrected chi connectivity index (χ2v) is 5.64. The number of halogens is 3. The Kier molecular flexibility index (Phi) is 6.42. The number of pyridine rings is 1. The zero-order valence-corrected chi connectivity index (χ0v) is 13.7. The highest BCUT2D eigenvalue weighted by Gasteiger charge is 2.31. The van der Waals surface area contributed by atoms with Gasteiger partial charge in [-0.2, -0.15) is 13.2 Å². The molecule has 0 atom stereocenters. The van der Waals surface area contributed by atoms with Crippen molar-refractivity contribution in [1.82, 2.24) is 9.88 Å². The maximum atomic E-state index is 12.5. The summed E-state index contributed by atoms with van der Waals surface area (Å²) >= 11 is 0. The van der Waals surface area contributed by atoms with E-state index in [0.717, 1.165) is 38.3 Å². The van der Waals surface area contributed by atoms with Crippen LogP contribution in [0.5, 0.6) is 0 Å². The number of nitrogens with zero attached hydrogens (tertiary/aromatic N) is 3. The van der Waals surface area contributed by atoms with E-state index in [9.17, 15) is 18.0 Å². The Balaban J connectivity index is 1.75. The van der Waals surface area contributed by atoms with Crippen LogP contribution in [-0.2, 0) is 15.7 Å². The zero-order valence-electron chi connectivity index (χ0n) is 13.7. The molecule has 1 aliphatic heterocycles. The molecule has 1 aromatic rings. The third-order valence-corrected chi connectivity index (χ3v) is 3.93. The smallest absolute Gasteiger partial charge is 0.417 e. The Morgan fingerprint density at radius 2 is 1.96 bits per heavy atom. The molecule has 134 valence electrons. The lowest BCUT2D eigenvalue weighted by Gasteiger charge is -2.35. The molecule has 0 aromatic carbocycles. The topological polar surface area (TPSA) is 45.7 Å². The average molecular weight is 345 g/mol. The number of alkyl halides is 3. The molecule has 5 nitrogen and oxygen atoms in total. The lowest BCUT2D eigenvalue weighted by Crippen LogP contribution is -2.47. The first kappa shape index (κ1) is 18.5. The van der Waals surface area contributed by atoms with E-state index in [1.54, 1.807) is 6.92 Å². The van der Waals surface area contributed by atoms with Gasteiger partial charge in [0.05, 0.1) is 12.2 Å². The first-order valence-electron chi connectivity index (χ1n) is 8.06. The number of esters is 1. The fourth-order valence-corrected chi connectivity index (χ4v) is 2.62. The fourth-order valence-electron chi connectivity index (χ4n) is 2.62. The molecule has 0 unspecified atom stereocenters. The van der Waals surface area contributed by atoms with E-state index in [2.05, 4.69) is 9.88 Å². The number of carbonyl (C=O) groups is 1. The lowest BCUT2D eigenvalue weighted by atomic mass is 10.2. The van der Waals surface area contributed by atoms with E-state index >= 15 is 0 Å². The van der Waals surface area contributed by atoms with Crippen LogP contribution in [0.1, 0.15) is 25.3 Å². The van der Waals surface area contributed by atoms with Gasteiger partial charge in [-0.3, -0.25) is 9.69 Å². The first-order chi connectivity index (χ1) is 11.4. The summed E-state index contributed by atoms with van der Waals surface area (Å²) in [6.07, 6.45) is -2.32. The van der Waals surface area contributed by atoms with Crippen molar-refractivity contribution >= 4 is 11.8 Å². The highest BCUT2D eigenvalue weighted by Crippen LogP contribution is 2.29. The maximum absolute atomic E-state index is 12.5. The Hall–Kier alpha value is -1.83. The molecule has 0 radical (unpaired) electrons. The van der Waals surface area contributed by atoms with Crippen LogP contribution in [0.4, 0.5) is 19.0 Å². The van der Waals surface area contributed by atoms with Gasteiger partial charge in [0.1, 0.15) is 5.82 Å². The van der Waals surface area contributed by atoms with Crippen LogP contribution in [0.15, 0.2) is 18.3 Å². The molecular weight excluding hydrogens is 323 g/mol. The normalized spacial score (nSPS) is 16.2. The van der Waals surface area contributed by atoms with Gasteiger partial charge in [-0.05, 0) is 32.0 Å². The van der Waals surface area contributed by atoms with Gasteiger partial charge >= 0.3 is 12.1 Å². The summed E-state index contributed by atoms with van der Waals surface area (Å²) in [6.45, 7) is 6.00. The fraction of sp³-hybridized carbons (Fsp3) is 0.625. The molecule has 1 aliphatic rings. The van der Waals surface area contributed by atoms with Crippen LogP contribution in [0.2, 0.25) is 0 Å². The van der Waals surface area contributed by atoms with Crippen molar-refractivity contribution < 1.29 is 22.7 Å². The van der Waals surface area contributed by atoms with Gasteiger partial charge < -0.3 is 9.64 Å². The molecule has 0 amide bonds. The average Bonchev–Trinajstić information content (AvgIpc) is 2.55. The number of piperazine rings is 1. The minimum atomic E-state index is -4.36. The Labute approximate surface area is 139 Å². The Bertz CT molecular complexity index is 526. The molecule has 0 bridgehead atoms. The van der Waals surface area contributed by atoms with Crippen LogP contribution in [0.25, 0.3) is 0 Å². The lowest BCUT2D eigenvalue weighted by molar-refractivity contribution is -0.143. The van der Waals surface area contributed by atoms with Crippen molar-refractivity contribution in [3.63, 3.8) is 0 Å². The van der Waals surface area contributed by atoms with Gasteiger partial charge in [-0.25, -0.2) is 4.98 Å². The van der Waals surface area contributed by atoms with Crippen LogP contribution < -0.4 is 4.90 Å². The number of carbonyl (C=O) groups excluding carboxylic acids is 1. The highest BCUT2D eigenvalue weighted by atomic mass is 19.4. The first-order valence-corrected chi connectivity index (χ1v) is 8.06. The molecule has 1 aromatic heterocycles. The number of rotatable bonds is 6. The van der Waals surface area contributed by atoms with E-state index < -0.39 is 11.7 Å². The number of ether oxygens (including phenoxy) is 1. The molecule has 1 saturated heterocycles. The quantitative estimate of drug-likeness (QED) is 0.742. The van der Waals surface area contributed by atoms with E-state index in [1.165, 1.54) is 6.07 Å². The minimum absolute atomic E-state index is 0.176. The van der Waals surface area contributed by atoms with Crippen LogP contribution >= 0.6 is 0 Å². The third-order valence-electron chi connectivity index (χ3n) is 3.93. The van der Waals surface area contributed by atoms with Crippen LogP contribution in [0, 0.1) is 0 Å². The number of hydrogen-bond donors (Lipinski definition) is 0. The molecule has 0 spiro atoms. The van der Waals surface area contributed by atoms with Crippen molar-refractivity contribution in [2.75, 3.05) is 44.2 Å². The summed E-state index contributed by atoms with van der Waals surface area (Å²) in [5, 5.41) is 0. The Morgan fingerprint density at radius 1 is 1.25 bits per heavy atom. The van der Waals surface area contributed by atoms with Gasteiger partial charge in [-0.1, -0.05) is 0 Å². The van der Waals surface area contributed by atoms with E-state index in [1.807, 2.05) is 4.90 Å². The predicted octanol–water partition coefficient (Wildman–Crippen LogP) is 2.57. The summed E-state index contributed by atoms with van der Waals surface area (Å²) in [4.78, 5) is 19.4. The van der Waals surface area contributed by atoms with Crippen LogP contribution in [-0.4, -0.2) is 55.2 Å². The number of hydrogen-bond acceptors (Lipinski definition) is 5. The predicted molar refractivity (Wildman–Crippen MR) is 83.8 cm³/mol. The van der Waals surface area contributed by atoms with E-state index in [4.69, 9.17) is 4.74 Å². The van der Waals surface area contributed by atoms with Crippen molar-refractivity contribution in [3.8, 4) is 0 Å². The summed E-state index contributed by atoms with van der Waals surface area (Å²) in [7, 11) is 0. The van der Waals surface area contributed by atoms with Gasteiger partial charge in [0.15, 0.2) is 0 Å². The highest BCUT2D eigenvalue weighted by molar-refractivity contribution is 5.69. The standard InChI is InChI=1S/C16H22F3N3O2/c1-2-24-15(23)4-3-7-21-8-10-22(11-9-21)14-6-5-13(12-20-14)16(17,18)19/h5-6,12H,2-4,7-11H2,1H3. The minimum Gasteiger partial charge on any atom is -0.466 e. The summed E-state index contributed by atoms with van der Waals surface area (Å²) in [5.41, 5.74) is -0.733. The second kappa shape index (κ2) is 8.32. The van der Waals surface area contributed by atoms with Gasteiger partial charge in [0, 0.05) is 38.8 Å². The third kappa shape index (κ3) is 5.36. The number of anilines is 1. The van der Waals surface area contributed by atoms with Crippen molar-refractivity contribution in [3.05, 3.63) is 23.9 Å². The molecule has 0 saturated carbocycles. The summed E-state index contributed by atoms with van der Waals surface area (Å²) in [5.74, 6) is 0.388. The molecule has 0 aliphatic carbocycles. The van der Waals surface area contributed by atoms with E-state index in [0.29, 0.717) is 31.9 Å². The second-order valence-electron chi connectivity index (χ2n) is 5.64. The SMILES string of the molecule is CCOC(=O)CCCN1CCN(c2ccc(C(F)(F)F)cn2)CC1. The molecule has 2 heterocycles. The monoisotopic (exact) mass is 345 g/mol.